The first-order valence-electron chi connectivity index (χ1n) is 7.09. The van der Waals surface area contributed by atoms with Gasteiger partial charge in [0.15, 0.2) is 11.0 Å². The lowest BCUT2D eigenvalue weighted by molar-refractivity contribution is -0.137. The molecule has 0 saturated carbocycles. The third kappa shape index (κ3) is 3.57. The van der Waals surface area contributed by atoms with Crippen LogP contribution in [0.2, 0.25) is 5.15 Å². The molecule has 116 valence electrons. The van der Waals surface area contributed by atoms with E-state index in [1.165, 1.54) is 0 Å². The van der Waals surface area contributed by atoms with Crippen molar-refractivity contribution in [3.8, 4) is 0 Å². The number of fused-ring (bicyclic) bond motifs is 1. The van der Waals surface area contributed by atoms with Gasteiger partial charge < -0.3 is 10.4 Å². The van der Waals surface area contributed by atoms with Gasteiger partial charge in [0.1, 0.15) is 6.04 Å². The van der Waals surface area contributed by atoms with Crippen LogP contribution in [0.15, 0.2) is 54.6 Å². The zero-order valence-corrected chi connectivity index (χ0v) is 12.9. The number of carboxylic acids is 1. The van der Waals surface area contributed by atoms with Crippen molar-refractivity contribution in [2.45, 2.75) is 12.5 Å². The van der Waals surface area contributed by atoms with Crippen molar-refractivity contribution >= 4 is 34.4 Å². The SMILES string of the molecule is O=C(O)C(Cc1ccccc1)Nc1nc2ccccc2nc1Cl. The summed E-state index contributed by atoms with van der Waals surface area (Å²) in [5.74, 6) is -0.700. The standard InChI is InChI=1S/C17H14ClN3O2/c18-15-16(20-13-9-5-4-8-12(13)19-15)21-14(17(22)23)10-11-6-2-1-3-7-11/h1-9,14H,10H2,(H,20,21)(H,22,23). The van der Waals surface area contributed by atoms with Crippen molar-refractivity contribution in [1.29, 1.82) is 0 Å². The second kappa shape index (κ2) is 6.62. The Balaban J connectivity index is 1.88. The van der Waals surface area contributed by atoms with E-state index in [2.05, 4.69) is 15.3 Å². The van der Waals surface area contributed by atoms with Crippen LogP contribution in [0.1, 0.15) is 5.56 Å². The van der Waals surface area contributed by atoms with Crippen LogP contribution in [0.25, 0.3) is 11.0 Å². The Bertz CT molecular complexity index is 840. The first kappa shape index (κ1) is 15.2. The number of hydrogen-bond donors (Lipinski definition) is 2. The molecule has 0 aliphatic rings. The van der Waals surface area contributed by atoms with Crippen LogP contribution in [-0.4, -0.2) is 27.1 Å². The number of aliphatic carboxylic acids is 1. The number of rotatable bonds is 5. The molecule has 6 heteroatoms. The topological polar surface area (TPSA) is 75.1 Å². The zero-order chi connectivity index (χ0) is 16.2. The highest BCUT2D eigenvalue weighted by atomic mass is 35.5. The molecule has 0 aliphatic carbocycles. The number of carboxylic acid groups (broad SMARTS) is 1. The van der Waals surface area contributed by atoms with Crippen LogP contribution in [0.5, 0.6) is 0 Å². The van der Waals surface area contributed by atoms with Gasteiger partial charge in [-0.1, -0.05) is 54.1 Å². The van der Waals surface area contributed by atoms with Crippen LogP contribution in [0, 0.1) is 0 Å². The molecule has 1 atom stereocenters. The molecule has 5 nitrogen and oxygen atoms in total. The fraction of sp³-hybridized carbons (Fsp3) is 0.118. The van der Waals surface area contributed by atoms with E-state index in [0.29, 0.717) is 17.5 Å². The summed E-state index contributed by atoms with van der Waals surface area (Å²) < 4.78 is 0. The minimum absolute atomic E-state index is 0.156. The highest BCUT2D eigenvalue weighted by molar-refractivity contribution is 6.32. The molecule has 1 unspecified atom stereocenters. The lowest BCUT2D eigenvalue weighted by Crippen LogP contribution is -2.32. The fourth-order valence-electron chi connectivity index (χ4n) is 2.29. The second-order valence-corrected chi connectivity index (χ2v) is 5.43. The van der Waals surface area contributed by atoms with E-state index in [-0.39, 0.29) is 11.0 Å². The van der Waals surface area contributed by atoms with Gasteiger partial charge in [0, 0.05) is 6.42 Å². The van der Waals surface area contributed by atoms with Crippen LogP contribution in [0.4, 0.5) is 5.82 Å². The predicted octanol–water partition coefficient (Wildman–Crippen LogP) is 3.39. The van der Waals surface area contributed by atoms with E-state index in [1.54, 1.807) is 12.1 Å². The maximum absolute atomic E-state index is 11.5. The fourth-order valence-corrected chi connectivity index (χ4v) is 2.47. The number of halogens is 1. The summed E-state index contributed by atoms with van der Waals surface area (Å²) in [7, 11) is 0. The van der Waals surface area contributed by atoms with Crippen molar-refractivity contribution in [3.05, 3.63) is 65.3 Å². The average molecular weight is 328 g/mol. The van der Waals surface area contributed by atoms with E-state index in [4.69, 9.17) is 11.6 Å². The van der Waals surface area contributed by atoms with Gasteiger partial charge in [-0.3, -0.25) is 0 Å². The first-order valence-corrected chi connectivity index (χ1v) is 7.47. The summed E-state index contributed by atoms with van der Waals surface area (Å²) in [5, 5.41) is 12.5. The number of nitrogens with one attached hydrogen (secondary N) is 1. The van der Waals surface area contributed by atoms with Gasteiger partial charge in [0.25, 0.3) is 0 Å². The minimum Gasteiger partial charge on any atom is -0.480 e. The lowest BCUT2D eigenvalue weighted by Gasteiger charge is -2.16. The molecule has 1 heterocycles. The third-order valence-corrected chi connectivity index (χ3v) is 3.68. The van der Waals surface area contributed by atoms with Gasteiger partial charge in [0.05, 0.1) is 11.0 Å². The number of benzene rings is 2. The molecule has 0 amide bonds. The van der Waals surface area contributed by atoms with E-state index in [0.717, 1.165) is 5.56 Å². The molecule has 1 aromatic heterocycles. The predicted molar refractivity (Wildman–Crippen MR) is 89.7 cm³/mol. The minimum atomic E-state index is -0.972. The van der Waals surface area contributed by atoms with Crippen molar-refractivity contribution in [2.24, 2.45) is 0 Å². The Morgan fingerprint density at radius 2 is 1.65 bits per heavy atom. The monoisotopic (exact) mass is 327 g/mol. The zero-order valence-electron chi connectivity index (χ0n) is 12.1. The third-order valence-electron chi connectivity index (χ3n) is 3.42. The van der Waals surface area contributed by atoms with Crippen molar-refractivity contribution in [2.75, 3.05) is 5.32 Å². The second-order valence-electron chi connectivity index (χ2n) is 5.08. The van der Waals surface area contributed by atoms with E-state index in [1.807, 2.05) is 42.5 Å². The highest BCUT2D eigenvalue weighted by Gasteiger charge is 2.20. The summed E-state index contributed by atoms with van der Waals surface area (Å²) in [4.78, 5) is 20.1. The highest BCUT2D eigenvalue weighted by Crippen LogP contribution is 2.22. The van der Waals surface area contributed by atoms with Gasteiger partial charge in [-0.2, -0.15) is 0 Å². The van der Waals surface area contributed by atoms with E-state index in [9.17, 15) is 9.90 Å². The average Bonchev–Trinajstić information content (AvgIpc) is 2.55. The molecule has 0 fully saturated rings. The van der Waals surface area contributed by atoms with Crippen molar-refractivity contribution < 1.29 is 9.90 Å². The Hall–Kier alpha value is -2.66. The largest absolute Gasteiger partial charge is 0.480 e. The Morgan fingerprint density at radius 1 is 1.04 bits per heavy atom. The molecule has 0 bridgehead atoms. The Labute approximate surface area is 138 Å². The molecule has 3 rings (SSSR count). The Kier molecular flexibility index (Phi) is 4.39. The molecule has 23 heavy (non-hydrogen) atoms. The quantitative estimate of drug-likeness (QED) is 0.751. The Morgan fingerprint density at radius 3 is 2.30 bits per heavy atom. The summed E-state index contributed by atoms with van der Waals surface area (Å²) >= 11 is 6.13. The number of aromatic nitrogens is 2. The number of hydrogen-bond acceptors (Lipinski definition) is 4. The summed E-state index contributed by atoms with van der Waals surface area (Å²) in [6.07, 6.45) is 0.320. The molecule has 2 aromatic carbocycles. The van der Waals surface area contributed by atoms with E-state index < -0.39 is 12.0 Å². The first-order chi connectivity index (χ1) is 11.1. The van der Waals surface area contributed by atoms with Gasteiger partial charge in [-0.05, 0) is 17.7 Å². The molecule has 0 aliphatic heterocycles. The smallest absolute Gasteiger partial charge is 0.326 e. The molecule has 0 radical (unpaired) electrons. The van der Waals surface area contributed by atoms with Gasteiger partial charge in [0.2, 0.25) is 0 Å². The molecular weight excluding hydrogens is 314 g/mol. The van der Waals surface area contributed by atoms with Crippen LogP contribution in [0.3, 0.4) is 0 Å². The molecule has 0 spiro atoms. The number of anilines is 1. The maximum atomic E-state index is 11.5. The maximum Gasteiger partial charge on any atom is 0.326 e. The van der Waals surface area contributed by atoms with Gasteiger partial charge >= 0.3 is 5.97 Å². The van der Waals surface area contributed by atoms with Crippen LogP contribution < -0.4 is 5.32 Å². The summed E-state index contributed by atoms with van der Waals surface area (Å²) in [6, 6.07) is 15.8. The summed E-state index contributed by atoms with van der Waals surface area (Å²) in [6.45, 7) is 0. The summed E-state index contributed by atoms with van der Waals surface area (Å²) in [5.41, 5.74) is 2.23. The molecular formula is C17H14ClN3O2. The number of para-hydroxylation sites is 2. The lowest BCUT2D eigenvalue weighted by atomic mass is 10.1. The van der Waals surface area contributed by atoms with Gasteiger partial charge in [-0.15, -0.1) is 0 Å². The van der Waals surface area contributed by atoms with Crippen LogP contribution >= 0.6 is 11.6 Å². The van der Waals surface area contributed by atoms with E-state index >= 15 is 0 Å². The molecule has 2 N–H and O–H groups in total. The van der Waals surface area contributed by atoms with Crippen molar-refractivity contribution in [3.63, 3.8) is 0 Å². The number of nitrogens with zero attached hydrogens (tertiary/aromatic N) is 2. The normalized spacial score (nSPS) is 12.0. The number of carbonyl (C=O) groups is 1. The molecule has 3 aromatic rings. The van der Waals surface area contributed by atoms with Crippen molar-refractivity contribution in [1.82, 2.24) is 9.97 Å². The van der Waals surface area contributed by atoms with Gasteiger partial charge in [-0.25, -0.2) is 14.8 Å². The van der Waals surface area contributed by atoms with Crippen LogP contribution in [-0.2, 0) is 11.2 Å². The molecule has 0 saturated heterocycles.